The zero-order chi connectivity index (χ0) is 37.1. The van der Waals surface area contributed by atoms with Crippen LogP contribution in [0.4, 0.5) is 0 Å². The number of hydrogen-bond acceptors (Lipinski definition) is 9. The number of alkyl halides is 1. The van der Waals surface area contributed by atoms with E-state index in [1.807, 2.05) is 62.4 Å². The Labute approximate surface area is 314 Å². The van der Waals surface area contributed by atoms with Gasteiger partial charge in [-0.25, -0.2) is 4.98 Å². The zero-order valence-electron chi connectivity index (χ0n) is 31.2. The van der Waals surface area contributed by atoms with Crippen LogP contribution in [0.15, 0.2) is 29.8 Å². The highest BCUT2D eigenvalue weighted by Gasteiger charge is 2.39. The van der Waals surface area contributed by atoms with Gasteiger partial charge in [-0.3, -0.25) is 24.6 Å². The molecule has 0 saturated carbocycles. The van der Waals surface area contributed by atoms with Crippen LogP contribution in [-0.2, 0) is 30.4 Å². The van der Waals surface area contributed by atoms with Crippen LogP contribution >= 0.6 is 22.9 Å². The molecule has 12 heteroatoms. The Bertz CT molecular complexity index is 1320. The summed E-state index contributed by atoms with van der Waals surface area (Å²) in [6, 6.07) is 6.58. The SMILES string of the molecule is Cc1ncsc1-c1ccc(CN2CC(O)CC2C(=O)NC(=O)C(NC(=O)CCCCCOCCCCCOCCCCCCCl)C(C)(C)C)cc1. The molecule has 51 heavy (non-hydrogen) atoms. The minimum absolute atomic E-state index is 0.217. The molecular weight excluding hydrogens is 688 g/mol. The van der Waals surface area contributed by atoms with Crippen molar-refractivity contribution in [1.82, 2.24) is 20.5 Å². The van der Waals surface area contributed by atoms with E-state index >= 15 is 0 Å². The molecule has 10 nitrogen and oxygen atoms in total. The van der Waals surface area contributed by atoms with Gasteiger partial charge in [-0.2, -0.15) is 0 Å². The number of rotatable bonds is 24. The van der Waals surface area contributed by atoms with Gasteiger partial charge in [0.25, 0.3) is 0 Å². The monoisotopic (exact) mass is 748 g/mol. The maximum Gasteiger partial charge on any atom is 0.249 e. The molecule has 286 valence electrons. The number of amides is 3. The summed E-state index contributed by atoms with van der Waals surface area (Å²) in [5.41, 5.74) is 4.30. The van der Waals surface area contributed by atoms with E-state index in [2.05, 4.69) is 15.6 Å². The molecule has 0 aliphatic carbocycles. The van der Waals surface area contributed by atoms with Gasteiger partial charge in [0, 0.05) is 51.8 Å². The molecule has 3 N–H and O–H groups in total. The molecule has 2 heterocycles. The summed E-state index contributed by atoms with van der Waals surface area (Å²) < 4.78 is 11.4. The van der Waals surface area contributed by atoms with Crippen LogP contribution in [0.2, 0.25) is 0 Å². The van der Waals surface area contributed by atoms with Crippen LogP contribution in [0.25, 0.3) is 10.4 Å². The first-order valence-corrected chi connectivity index (χ1v) is 20.2. The molecule has 1 aliphatic heterocycles. The van der Waals surface area contributed by atoms with E-state index in [-0.39, 0.29) is 12.3 Å². The predicted octanol–water partition coefficient (Wildman–Crippen LogP) is 6.79. The molecule has 0 bridgehead atoms. The van der Waals surface area contributed by atoms with Crippen molar-refractivity contribution in [3.63, 3.8) is 0 Å². The number of aliphatic hydroxyl groups excluding tert-OH is 1. The van der Waals surface area contributed by atoms with Crippen LogP contribution in [0.3, 0.4) is 0 Å². The lowest BCUT2D eigenvalue weighted by Gasteiger charge is -2.31. The number of carbonyl (C=O) groups is 3. The van der Waals surface area contributed by atoms with Gasteiger partial charge in [-0.15, -0.1) is 22.9 Å². The Kier molecular flexibility index (Phi) is 19.6. The van der Waals surface area contributed by atoms with Crippen molar-refractivity contribution < 1.29 is 29.0 Å². The van der Waals surface area contributed by atoms with Crippen LogP contribution < -0.4 is 10.6 Å². The van der Waals surface area contributed by atoms with E-state index in [9.17, 15) is 19.5 Å². The van der Waals surface area contributed by atoms with Gasteiger partial charge in [0.15, 0.2) is 0 Å². The standard InChI is InChI=1S/C39H61ClN4O6S/c1-29-35(51-28-41-29)31-18-16-30(17-19-31)26-44-27-32(45)25-33(44)37(47)43-38(48)36(39(2,3)4)42-34(46)15-9-7-12-22-50-24-14-8-13-23-49-21-11-6-5-10-20-40/h16-19,28,32-33,36,45H,5-15,20-27H2,1-4H3,(H,42,46)(H,43,47,48). The number of carbonyl (C=O) groups excluding carboxylic acids is 3. The number of thiazole rings is 1. The quantitative estimate of drug-likeness (QED) is 0.0791. The molecule has 3 rings (SSSR count). The smallest absolute Gasteiger partial charge is 0.249 e. The van der Waals surface area contributed by atoms with Crippen molar-refractivity contribution in [3.05, 3.63) is 41.0 Å². The molecule has 3 amide bonds. The summed E-state index contributed by atoms with van der Waals surface area (Å²) >= 11 is 7.29. The van der Waals surface area contributed by atoms with Gasteiger partial charge in [-0.05, 0) is 74.8 Å². The van der Waals surface area contributed by atoms with E-state index < -0.39 is 35.4 Å². The molecule has 1 aromatic carbocycles. The van der Waals surface area contributed by atoms with Crippen molar-refractivity contribution in [3.8, 4) is 10.4 Å². The predicted molar refractivity (Wildman–Crippen MR) is 205 cm³/mol. The van der Waals surface area contributed by atoms with Crippen molar-refractivity contribution in [2.45, 2.75) is 129 Å². The molecule has 3 atom stereocenters. The van der Waals surface area contributed by atoms with Gasteiger partial charge in [0.2, 0.25) is 17.7 Å². The van der Waals surface area contributed by atoms with E-state index in [4.69, 9.17) is 21.1 Å². The third kappa shape index (κ3) is 16.0. The van der Waals surface area contributed by atoms with E-state index in [1.165, 1.54) is 12.8 Å². The number of β-amino-alcohol motifs (C(OH)–C–C–N with tert-alkyl or cyclic N) is 1. The largest absolute Gasteiger partial charge is 0.392 e. The van der Waals surface area contributed by atoms with E-state index in [0.717, 1.165) is 92.3 Å². The maximum absolute atomic E-state index is 13.4. The second-order valence-electron chi connectivity index (χ2n) is 14.7. The van der Waals surface area contributed by atoms with Crippen LogP contribution in [0.5, 0.6) is 0 Å². The van der Waals surface area contributed by atoms with Crippen LogP contribution in [0, 0.1) is 12.3 Å². The molecule has 1 saturated heterocycles. The number of aliphatic hydroxyl groups is 1. The highest BCUT2D eigenvalue weighted by Crippen LogP contribution is 2.28. The number of aromatic nitrogens is 1. The fraction of sp³-hybridized carbons (Fsp3) is 0.692. The number of nitrogens with one attached hydrogen (secondary N) is 2. The molecule has 1 aliphatic rings. The number of likely N-dealkylation sites (tertiary alicyclic amines) is 1. The number of hydrogen-bond donors (Lipinski definition) is 3. The topological polar surface area (TPSA) is 130 Å². The Hall–Kier alpha value is -2.41. The number of benzene rings is 1. The minimum Gasteiger partial charge on any atom is -0.392 e. The summed E-state index contributed by atoms with van der Waals surface area (Å²) in [4.78, 5) is 47.0. The molecular formula is C39H61ClN4O6S. The van der Waals surface area contributed by atoms with Crippen molar-refractivity contribution >= 4 is 40.7 Å². The Morgan fingerprint density at radius 3 is 2.10 bits per heavy atom. The lowest BCUT2D eigenvalue weighted by atomic mass is 9.86. The fourth-order valence-electron chi connectivity index (χ4n) is 6.20. The fourth-order valence-corrected chi connectivity index (χ4v) is 7.20. The van der Waals surface area contributed by atoms with Crippen molar-refractivity contribution in [2.75, 3.05) is 38.9 Å². The first kappa shape index (κ1) is 43.0. The highest BCUT2D eigenvalue weighted by atomic mass is 35.5. The average Bonchev–Trinajstić information content (AvgIpc) is 3.69. The minimum atomic E-state index is -0.883. The first-order chi connectivity index (χ1) is 24.5. The summed E-state index contributed by atoms with van der Waals surface area (Å²) in [6.45, 7) is 11.4. The molecule has 1 aromatic heterocycles. The summed E-state index contributed by atoms with van der Waals surface area (Å²) in [5.74, 6) is -0.475. The summed E-state index contributed by atoms with van der Waals surface area (Å²) in [6.07, 6.45) is 9.98. The number of ether oxygens (including phenoxy) is 2. The summed E-state index contributed by atoms with van der Waals surface area (Å²) in [5, 5.41) is 15.9. The van der Waals surface area contributed by atoms with Gasteiger partial charge in [0.1, 0.15) is 6.04 Å². The van der Waals surface area contributed by atoms with Gasteiger partial charge < -0.3 is 19.9 Å². The molecule has 0 radical (unpaired) electrons. The highest BCUT2D eigenvalue weighted by molar-refractivity contribution is 7.13. The van der Waals surface area contributed by atoms with Crippen molar-refractivity contribution in [2.24, 2.45) is 5.41 Å². The van der Waals surface area contributed by atoms with E-state index in [1.54, 1.807) is 11.3 Å². The van der Waals surface area contributed by atoms with Gasteiger partial charge in [-0.1, -0.05) is 64.3 Å². The lowest BCUT2D eigenvalue weighted by molar-refractivity contribution is -0.138. The Morgan fingerprint density at radius 1 is 0.941 bits per heavy atom. The number of imide groups is 1. The number of unbranched alkanes of at least 4 members (excludes halogenated alkanes) is 7. The second-order valence-corrected chi connectivity index (χ2v) is 16.0. The Morgan fingerprint density at radius 2 is 1.53 bits per heavy atom. The molecule has 0 spiro atoms. The van der Waals surface area contributed by atoms with Crippen molar-refractivity contribution in [1.29, 1.82) is 0 Å². The number of aryl methyl sites for hydroxylation is 1. The molecule has 3 unspecified atom stereocenters. The van der Waals surface area contributed by atoms with E-state index in [0.29, 0.717) is 32.5 Å². The average molecular weight is 749 g/mol. The molecule has 2 aromatic rings. The van der Waals surface area contributed by atoms with Crippen LogP contribution in [0.1, 0.15) is 109 Å². The van der Waals surface area contributed by atoms with Gasteiger partial charge in [0.05, 0.1) is 28.2 Å². The third-order valence-electron chi connectivity index (χ3n) is 9.15. The molecule has 1 fully saturated rings. The Balaban J connectivity index is 1.32. The zero-order valence-corrected chi connectivity index (χ0v) is 32.8. The second kappa shape index (κ2) is 23.3. The first-order valence-electron chi connectivity index (χ1n) is 18.8. The lowest BCUT2D eigenvalue weighted by Crippen LogP contribution is -2.56. The van der Waals surface area contributed by atoms with Gasteiger partial charge >= 0.3 is 0 Å². The summed E-state index contributed by atoms with van der Waals surface area (Å²) in [7, 11) is 0. The number of halogens is 1. The normalized spacial score (nSPS) is 17.1. The van der Waals surface area contributed by atoms with Crippen LogP contribution in [-0.4, -0.2) is 89.8 Å². The third-order valence-corrected chi connectivity index (χ3v) is 10.4. The maximum atomic E-state index is 13.4. The number of nitrogens with zero attached hydrogens (tertiary/aromatic N) is 2.